The standard InChI is InChI=1S/C14H19BrN2O2/c1-10-12(15)7-8-13(14(10)17(18)19)16-9-11-5-3-2-4-6-11/h7-8,11,16H,2-6,9H2,1H3. The first-order valence-electron chi connectivity index (χ1n) is 6.77. The summed E-state index contributed by atoms with van der Waals surface area (Å²) in [4.78, 5) is 10.9. The summed E-state index contributed by atoms with van der Waals surface area (Å²) in [6.45, 7) is 2.61. The quantitative estimate of drug-likeness (QED) is 0.646. The monoisotopic (exact) mass is 326 g/mol. The normalized spacial score (nSPS) is 16.3. The molecule has 2 rings (SSSR count). The molecular formula is C14H19BrN2O2. The molecule has 4 nitrogen and oxygen atoms in total. The molecule has 0 amide bonds. The number of benzene rings is 1. The lowest BCUT2D eigenvalue weighted by Crippen LogP contribution is -2.17. The van der Waals surface area contributed by atoms with Crippen molar-refractivity contribution in [1.29, 1.82) is 0 Å². The maximum atomic E-state index is 11.2. The van der Waals surface area contributed by atoms with Gasteiger partial charge in [-0.3, -0.25) is 10.1 Å². The van der Waals surface area contributed by atoms with Crippen molar-refractivity contribution in [3.8, 4) is 0 Å². The molecule has 1 saturated carbocycles. The van der Waals surface area contributed by atoms with Gasteiger partial charge in [-0.05, 0) is 37.8 Å². The van der Waals surface area contributed by atoms with E-state index in [9.17, 15) is 10.1 Å². The number of nitrogens with one attached hydrogen (secondary N) is 1. The molecule has 0 heterocycles. The summed E-state index contributed by atoms with van der Waals surface area (Å²) in [7, 11) is 0. The van der Waals surface area contributed by atoms with Gasteiger partial charge in [0.2, 0.25) is 0 Å². The van der Waals surface area contributed by atoms with Crippen molar-refractivity contribution in [3.05, 3.63) is 32.3 Å². The van der Waals surface area contributed by atoms with Gasteiger partial charge in [-0.25, -0.2) is 0 Å². The molecule has 0 aliphatic heterocycles. The predicted octanol–water partition coefficient (Wildman–Crippen LogP) is 4.66. The van der Waals surface area contributed by atoms with Crippen LogP contribution in [-0.2, 0) is 0 Å². The maximum Gasteiger partial charge on any atom is 0.296 e. The summed E-state index contributed by atoms with van der Waals surface area (Å²) in [5.41, 5.74) is 1.50. The number of halogens is 1. The molecule has 1 aromatic rings. The minimum absolute atomic E-state index is 0.185. The zero-order valence-electron chi connectivity index (χ0n) is 11.1. The summed E-state index contributed by atoms with van der Waals surface area (Å²) in [6.07, 6.45) is 6.36. The van der Waals surface area contributed by atoms with Crippen LogP contribution in [0.1, 0.15) is 37.7 Å². The van der Waals surface area contributed by atoms with Crippen LogP contribution in [0, 0.1) is 23.0 Å². The number of hydrogen-bond acceptors (Lipinski definition) is 3. The molecule has 0 radical (unpaired) electrons. The molecule has 0 bridgehead atoms. The highest BCUT2D eigenvalue weighted by Gasteiger charge is 2.20. The minimum Gasteiger partial charge on any atom is -0.379 e. The third-order valence-electron chi connectivity index (χ3n) is 3.85. The van der Waals surface area contributed by atoms with Gasteiger partial charge < -0.3 is 5.32 Å². The van der Waals surface area contributed by atoms with Crippen LogP contribution in [0.5, 0.6) is 0 Å². The fourth-order valence-corrected chi connectivity index (χ4v) is 3.02. The summed E-state index contributed by atoms with van der Waals surface area (Å²) >= 11 is 3.34. The van der Waals surface area contributed by atoms with Crippen LogP contribution in [0.3, 0.4) is 0 Å². The van der Waals surface area contributed by atoms with E-state index in [1.165, 1.54) is 32.1 Å². The summed E-state index contributed by atoms with van der Waals surface area (Å²) < 4.78 is 0.780. The van der Waals surface area contributed by atoms with E-state index in [0.717, 1.165) is 11.0 Å². The second-order valence-electron chi connectivity index (χ2n) is 5.21. The topological polar surface area (TPSA) is 55.2 Å². The number of hydrogen-bond donors (Lipinski definition) is 1. The summed E-state index contributed by atoms with van der Waals surface area (Å²) in [6, 6.07) is 3.66. The van der Waals surface area contributed by atoms with Crippen LogP contribution in [0.25, 0.3) is 0 Å². The molecule has 1 aliphatic carbocycles. The van der Waals surface area contributed by atoms with E-state index >= 15 is 0 Å². The third-order valence-corrected chi connectivity index (χ3v) is 4.71. The van der Waals surface area contributed by atoms with Crippen LogP contribution < -0.4 is 5.32 Å². The van der Waals surface area contributed by atoms with Crippen molar-refractivity contribution in [2.45, 2.75) is 39.0 Å². The Balaban J connectivity index is 2.11. The Kier molecular flexibility index (Phi) is 4.80. The van der Waals surface area contributed by atoms with Gasteiger partial charge >= 0.3 is 0 Å². The van der Waals surface area contributed by atoms with Crippen molar-refractivity contribution in [2.24, 2.45) is 5.92 Å². The second kappa shape index (κ2) is 6.37. The van der Waals surface area contributed by atoms with Gasteiger partial charge in [-0.2, -0.15) is 0 Å². The van der Waals surface area contributed by atoms with Crippen LogP contribution in [-0.4, -0.2) is 11.5 Å². The van der Waals surface area contributed by atoms with Crippen LogP contribution in [0.15, 0.2) is 16.6 Å². The Hall–Kier alpha value is -1.10. The van der Waals surface area contributed by atoms with Gasteiger partial charge in [0.15, 0.2) is 0 Å². The average Bonchev–Trinajstić information content (AvgIpc) is 2.41. The lowest BCUT2D eigenvalue weighted by molar-refractivity contribution is -0.384. The highest BCUT2D eigenvalue weighted by atomic mass is 79.9. The molecule has 5 heteroatoms. The number of nitro groups is 1. The Morgan fingerprint density at radius 1 is 1.37 bits per heavy atom. The molecule has 19 heavy (non-hydrogen) atoms. The zero-order valence-corrected chi connectivity index (χ0v) is 12.7. The average molecular weight is 327 g/mol. The zero-order chi connectivity index (χ0) is 13.8. The largest absolute Gasteiger partial charge is 0.379 e. The molecule has 104 valence electrons. The number of anilines is 1. The predicted molar refractivity (Wildman–Crippen MR) is 80.6 cm³/mol. The number of nitro benzene ring substituents is 1. The van der Waals surface area contributed by atoms with Gasteiger partial charge in [0.25, 0.3) is 5.69 Å². The molecule has 0 atom stereocenters. The first kappa shape index (κ1) is 14.3. The van der Waals surface area contributed by atoms with Gasteiger partial charge in [0.05, 0.1) is 4.92 Å². The third kappa shape index (κ3) is 3.47. The van der Waals surface area contributed by atoms with Crippen molar-refractivity contribution in [3.63, 3.8) is 0 Å². The first-order valence-corrected chi connectivity index (χ1v) is 7.56. The van der Waals surface area contributed by atoms with Crippen molar-refractivity contribution >= 4 is 27.3 Å². The molecule has 1 aliphatic rings. The van der Waals surface area contributed by atoms with Crippen molar-refractivity contribution in [2.75, 3.05) is 11.9 Å². The van der Waals surface area contributed by atoms with E-state index < -0.39 is 0 Å². The SMILES string of the molecule is Cc1c(Br)ccc(NCC2CCCCC2)c1[N+](=O)[O-]. The van der Waals surface area contributed by atoms with E-state index in [1.54, 1.807) is 13.0 Å². The molecule has 0 aromatic heterocycles. The molecule has 1 aromatic carbocycles. The first-order chi connectivity index (χ1) is 9.09. The highest BCUT2D eigenvalue weighted by molar-refractivity contribution is 9.10. The second-order valence-corrected chi connectivity index (χ2v) is 6.06. The van der Waals surface area contributed by atoms with Gasteiger partial charge in [0.1, 0.15) is 5.69 Å². The molecule has 0 spiro atoms. The van der Waals surface area contributed by atoms with E-state index in [0.29, 0.717) is 17.2 Å². The number of nitrogens with zero attached hydrogens (tertiary/aromatic N) is 1. The van der Waals surface area contributed by atoms with Gasteiger partial charge in [-0.15, -0.1) is 0 Å². The lowest BCUT2D eigenvalue weighted by atomic mass is 9.89. The Bertz CT molecular complexity index is 471. The fraction of sp³-hybridized carbons (Fsp3) is 0.571. The van der Waals surface area contributed by atoms with Crippen LogP contribution in [0.4, 0.5) is 11.4 Å². The van der Waals surface area contributed by atoms with Crippen molar-refractivity contribution < 1.29 is 4.92 Å². The molecule has 0 saturated heterocycles. The van der Waals surface area contributed by atoms with E-state index in [2.05, 4.69) is 21.2 Å². The Labute approximate surface area is 121 Å². The van der Waals surface area contributed by atoms with E-state index in [4.69, 9.17) is 0 Å². The maximum absolute atomic E-state index is 11.2. The van der Waals surface area contributed by atoms with E-state index in [-0.39, 0.29) is 10.6 Å². The Morgan fingerprint density at radius 3 is 2.68 bits per heavy atom. The smallest absolute Gasteiger partial charge is 0.296 e. The van der Waals surface area contributed by atoms with Crippen LogP contribution >= 0.6 is 15.9 Å². The molecule has 1 fully saturated rings. The van der Waals surface area contributed by atoms with Gasteiger partial charge in [-0.1, -0.05) is 35.2 Å². The fourth-order valence-electron chi connectivity index (χ4n) is 2.70. The molecular weight excluding hydrogens is 308 g/mol. The van der Waals surface area contributed by atoms with Crippen molar-refractivity contribution in [1.82, 2.24) is 0 Å². The molecule has 1 N–H and O–H groups in total. The number of rotatable bonds is 4. The van der Waals surface area contributed by atoms with E-state index in [1.807, 2.05) is 6.07 Å². The lowest BCUT2D eigenvalue weighted by Gasteiger charge is -2.22. The Morgan fingerprint density at radius 2 is 2.05 bits per heavy atom. The molecule has 0 unspecified atom stereocenters. The summed E-state index contributed by atoms with van der Waals surface area (Å²) in [5, 5.41) is 14.5. The van der Waals surface area contributed by atoms with Crippen LogP contribution in [0.2, 0.25) is 0 Å². The highest BCUT2D eigenvalue weighted by Crippen LogP contribution is 2.34. The minimum atomic E-state index is -0.302. The van der Waals surface area contributed by atoms with Gasteiger partial charge in [0, 0.05) is 16.6 Å². The summed E-state index contributed by atoms with van der Waals surface area (Å²) in [5.74, 6) is 0.650.